The molecule has 0 bridgehead atoms. The normalized spacial score (nSPS) is 25.7. The van der Waals surface area contributed by atoms with Crippen LogP contribution in [0.15, 0.2) is 30.3 Å². The van der Waals surface area contributed by atoms with E-state index in [0.717, 1.165) is 58.2 Å². The fraction of sp³-hybridized carbons (Fsp3) is 0.619. The molecular weight excluding hydrogens is 326 g/mol. The summed E-state index contributed by atoms with van der Waals surface area (Å²) < 4.78 is 0. The highest BCUT2D eigenvalue weighted by Gasteiger charge is 2.47. The lowest BCUT2D eigenvalue weighted by atomic mass is 9.64. The highest BCUT2D eigenvalue weighted by molar-refractivity contribution is 5.84. The van der Waals surface area contributed by atoms with Crippen molar-refractivity contribution in [3.05, 3.63) is 35.9 Å². The van der Waals surface area contributed by atoms with Crippen LogP contribution in [0.2, 0.25) is 0 Å². The fourth-order valence-electron chi connectivity index (χ4n) is 4.79. The first-order valence-electron chi connectivity index (χ1n) is 10.0. The fourth-order valence-corrected chi connectivity index (χ4v) is 4.79. The van der Waals surface area contributed by atoms with Gasteiger partial charge in [0.25, 0.3) is 0 Å². The van der Waals surface area contributed by atoms with Crippen LogP contribution in [-0.4, -0.2) is 60.4 Å². The molecular formula is C21H29N3O2. The van der Waals surface area contributed by atoms with Gasteiger partial charge < -0.3 is 15.1 Å². The topological polar surface area (TPSA) is 52.7 Å². The minimum Gasteiger partial charge on any atom is -0.340 e. The molecule has 0 spiro atoms. The Bertz CT molecular complexity index is 656. The molecule has 1 saturated carbocycles. The zero-order chi connectivity index (χ0) is 18.0. The van der Waals surface area contributed by atoms with Crippen molar-refractivity contribution in [3.8, 4) is 0 Å². The van der Waals surface area contributed by atoms with E-state index in [-0.39, 0.29) is 17.4 Å². The van der Waals surface area contributed by atoms with Crippen molar-refractivity contribution >= 4 is 11.8 Å². The number of nitrogens with one attached hydrogen (secondary N) is 1. The van der Waals surface area contributed by atoms with Gasteiger partial charge in [0, 0.05) is 32.2 Å². The summed E-state index contributed by atoms with van der Waals surface area (Å²) in [4.78, 5) is 29.7. The van der Waals surface area contributed by atoms with Crippen molar-refractivity contribution in [2.75, 3.05) is 32.7 Å². The maximum atomic E-state index is 13.4. The van der Waals surface area contributed by atoms with Crippen molar-refractivity contribution in [1.82, 2.24) is 15.1 Å². The average molecular weight is 355 g/mol. The SMILES string of the molecule is O=C1CNCCN1C1CCCN(C(=O)C2(Cc3ccccc3)CCC2)C1. The maximum Gasteiger partial charge on any atom is 0.236 e. The van der Waals surface area contributed by atoms with Crippen LogP contribution in [0.5, 0.6) is 0 Å². The minimum atomic E-state index is -0.212. The van der Waals surface area contributed by atoms with E-state index in [0.29, 0.717) is 19.0 Å². The van der Waals surface area contributed by atoms with Crippen molar-refractivity contribution in [3.63, 3.8) is 0 Å². The van der Waals surface area contributed by atoms with Crippen LogP contribution >= 0.6 is 0 Å². The maximum absolute atomic E-state index is 13.4. The van der Waals surface area contributed by atoms with E-state index in [1.165, 1.54) is 5.56 Å². The summed E-state index contributed by atoms with van der Waals surface area (Å²) in [7, 11) is 0. The van der Waals surface area contributed by atoms with Gasteiger partial charge in [-0.2, -0.15) is 0 Å². The largest absolute Gasteiger partial charge is 0.340 e. The Morgan fingerprint density at radius 2 is 1.96 bits per heavy atom. The number of hydrogen-bond donors (Lipinski definition) is 1. The number of nitrogens with zero attached hydrogens (tertiary/aromatic N) is 2. The molecule has 2 aliphatic heterocycles. The molecule has 0 radical (unpaired) electrons. The predicted molar refractivity (Wildman–Crippen MR) is 101 cm³/mol. The van der Waals surface area contributed by atoms with Crippen molar-refractivity contribution in [2.24, 2.45) is 5.41 Å². The Labute approximate surface area is 155 Å². The number of piperazine rings is 1. The van der Waals surface area contributed by atoms with Gasteiger partial charge in [-0.1, -0.05) is 36.8 Å². The van der Waals surface area contributed by atoms with Crippen molar-refractivity contribution in [1.29, 1.82) is 0 Å². The smallest absolute Gasteiger partial charge is 0.236 e. The van der Waals surface area contributed by atoms with Gasteiger partial charge in [0.05, 0.1) is 12.0 Å². The molecule has 0 aromatic heterocycles. The van der Waals surface area contributed by atoms with E-state index < -0.39 is 0 Å². The second kappa shape index (κ2) is 7.39. The van der Waals surface area contributed by atoms with E-state index in [1.807, 2.05) is 11.0 Å². The molecule has 1 aromatic carbocycles. The number of carbonyl (C=O) groups is 2. The van der Waals surface area contributed by atoms with Crippen LogP contribution in [0.4, 0.5) is 0 Å². The van der Waals surface area contributed by atoms with E-state index in [9.17, 15) is 9.59 Å². The molecule has 3 aliphatic rings. The molecule has 5 heteroatoms. The van der Waals surface area contributed by atoms with E-state index in [2.05, 4.69) is 34.5 Å². The first kappa shape index (κ1) is 17.5. The van der Waals surface area contributed by atoms with E-state index >= 15 is 0 Å². The van der Waals surface area contributed by atoms with Crippen molar-refractivity contribution < 1.29 is 9.59 Å². The first-order valence-corrected chi connectivity index (χ1v) is 10.0. The van der Waals surface area contributed by atoms with Gasteiger partial charge in [-0.25, -0.2) is 0 Å². The number of carbonyl (C=O) groups excluding carboxylic acids is 2. The lowest BCUT2D eigenvalue weighted by Gasteiger charge is -2.47. The van der Waals surface area contributed by atoms with E-state index in [4.69, 9.17) is 0 Å². The van der Waals surface area contributed by atoms with Crippen LogP contribution in [0.1, 0.15) is 37.7 Å². The second-order valence-corrected chi connectivity index (χ2v) is 8.11. The third-order valence-electron chi connectivity index (χ3n) is 6.40. The zero-order valence-corrected chi connectivity index (χ0v) is 15.5. The summed E-state index contributed by atoms with van der Waals surface area (Å²) in [6, 6.07) is 10.6. The molecule has 1 unspecified atom stereocenters. The van der Waals surface area contributed by atoms with E-state index in [1.54, 1.807) is 0 Å². The number of amides is 2. The molecule has 1 atom stereocenters. The quantitative estimate of drug-likeness (QED) is 0.896. The molecule has 2 heterocycles. The summed E-state index contributed by atoms with van der Waals surface area (Å²) >= 11 is 0. The molecule has 1 aromatic rings. The summed E-state index contributed by atoms with van der Waals surface area (Å²) in [5, 5.41) is 3.14. The summed E-state index contributed by atoms with van der Waals surface area (Å²) in [5.74, 6) is 0.498. The monoisotopic (exact) mass is 355 g/mol. The first-order chi connectivity index (χ1) is 12.7. The Morgan fingerprint density at radius 1 is 1.15 bits per heavy atom. The van der Waals surface area contributed by atoms with Gasteiger partial charge in [0.2, 0.25) is 11.8 Å². The minimum absolute atomic E-state index is 0.179. The lowest BCUT2D eigenvalue weighted by molar-refractivity contribution is -0.151. The Hall–Kier alpha value is -1.88. The summed E-state index contributed by atoms with van der Waals surface area (Å²) in [6.45, 7) is 3.60. The number of likely N-dealkylation sites (tertiary alicyclic amines) is 1. The summed E-state index contributed by atoms with van der Waals surface area (Å²) in [6.07, 6.45) is 5.99. The number of piperidine rings is 1. The molecule has 3 fully saturated rings. The van der Waals surface area contributed by atoms with Crippen LogP contribution in [0, 0.1) is 5.41 Å². The predicted octanol–water partition coefficient (Wildman–Crippen LogP) is 1.82. The third kappa shape index (κ3) is 3.37. The van der Waals surface area contributed by atoms with Gasteiger partial charge in [-0.15, -0.1) is 0 Å². The molecule has 2 amide bonds. The molecule has 2 saturated heterocycles. The third-order valence-corrected chi connectivity index (χ3v) is 6.40. The standard InChI is InChI=1S/C21H29N3O2/c25-19-15-22-11-13-24(19)18-8-4-12-23(16-18)20(26)21(9-5-10-21)14-17-6-2-1-3-7-17/h1-3,6-7,18,22H,4-5,8-16H2. The van der Waals surface area contributed by atoms with Crippen LogP contribution in [-0.2, 0) is 16.0 Å². The van der Waals surface area contributed by atoms with Gasteiger partial charge in [0.1, 0.15) is 0 Å². The van der Waals surface area contributed by atoms with Crippen molar-refractivity contribution in [2.45, 2.75) is 44.6 Å². The highest BCUT2D eigenvalue weighted by Crippen LogP contribution is 2.45. The second-order valence-electron chi connectivity index (χ2n) is 8.11. The molecule has 1 N–H and O–H groups in total. The average Bonchev–Trinajstić information content (AvgIpc) is 2.65. The van der Waals surface area contributed by atoms with Crippen LogP contribution in [0.25, 0.3) is 0 Å². The highest BCUT2D eigenvalue weighted by atomic mass is 16.2. The zero-order valence-electron chi connectivity index (χ0n) is 15.5. The number of rotatable bonds is 4. The Kier molecular flexibility index (Phi) is 4.98. The van der Waals surface area contributed by atoms with Gasteiger partial charge in [-0.05, 0) is 37.7 Å². The number of benzene rings is 1. The van der Waals surface area contributed by atoms with Gasteiger partial charge in [0.15, 0.2) is 0 Å². The molecule has 1 aliphatic carbocycles. The molecule has 4 rings (SSSR count). The Morgan fingerprint density at radius 3 is 2.65 bits per heavy atom. The van der Waals surface area contributed by atoms with Crippen LogP contribution < -0.4 is 5.32 Å². The van der Waals surface area contributed by atoms with Crippen LogP contribution in [0.3, 0.4) is 0 Å². The van der Waals surface area contributed by atoms with Gasteiger partial charge >= 0.3 is 0 Å². The molecule has 26 heavy (non-hydrogen) atoms. The molecule has 5 nitrogen and oxygen atoms in total. The number of hydrogen-bond acceptors (Lipinski definition) is 3. The lowest BCUT2D eigenvalue weighted by Crippen LogP contribution is -2.59. The van der Waals surface area contributed by atoms with Gasteiger partial charge in [-0.3, -0.25) is 9.59 Å². The molecule has 140 valence electrons. The Balaban J connectivity index is 1.45. The summed E-state index contributed by atoms with van der Waals surface area (Å²) in [5.41, 5.74) is 1.04.